The van der Waals surface area contributed by atoms with E-state index in [1.807, 2.05) is 48.5 Å². The van der Waals surface area contributed by atoms with Crippen LogP contribution in [0.15, 0.2) is 75.7 Å². The van der Waals surface area contributed by atoms with Crippen LogP contribution in [0.3, 0.4) is 0 Å². The summed E-state index contributed by atoms with van der Waals surface area (Å²) in [6.45, 7) is 4.18. The number of hydrogen-bond acceptors (Lipinski definition) is 4. The Bertz CT molecular complexity index is 1400. The quantitative estimate of drug-likeness (QED) is 0.588. The second-order valence-electron chi connectivity index (χ2n) is 8.85. The van der Waals surface area contributed by atoms with E-state index in [1.165, 1.54) is 11.3 Å². The molecule has 2 aliphatic rings. The van der Waals surface area contributed by atoms with Crippen LogP contribution in [-0.2, 0) is 4.79 Å². The number of nitrogens with zero attached hydrogens (tertiary/aromatic N) is 2. The molecule has 0 saturated carbocycles. The average Bonchev–Trinajstić information content (AvgIpc) is 3.02. The Morgan fingerprint density at radius 2 is 1.77 bits per heavy atom. The molecule has 2 heterocycles. The Kier molecular flexibility index (Phi) is 4.83. The Morgan fingerprint density at radius 3 is 2.48 bits per heavy atom. The van der Waals surface area contributed by atoms with Crippen molar-refractivity contribution in [3.8, 4) is 0 Å². The molecule has 0 spiro atoms. The highest BCUT2D eigenvalue weighted by atomic mass is 35.5. The Morgan fingerprint density at radius 1 is 1.06 bits per heavy atom. The van der Waals surface area contributed by atoms with Crippen molar-refractivity contribution in [3.63, 3.8) is 0 Å². The minimum Gasteiger partial charge on any atom is -0.294 e. The van der Waals surface area contributed by atoms with E-state index in [-0.39, 0.29) is 16.8 Å². The molecule has 0 radical (unpaired) electrons. The molecule has 4 nitrogen and oxygen atoms in total. The second kappa shape index (κ2) is 7.43. The van der Waals surface area contributed by atoms with Gasteiger partial charge in [0.2, 0.25) is 0 Å². The van der Waals surface area contributed by atoms with Crippen molar-refractivity contribution in [1.82, 2.24) is 4.57 Å². The maximum atomic E-state index is 13.5. The summed E-state index contributed by atoms with van der Waals surface area (Å²) >= 11 is 7.48. The summed E-state index contributed by atoms with van der Waals surface area (Å²) < 4.78 is 2.29. The Labute approximate surface area is 188 Å². The van der Waals surface area contributed by atoms with Gasteiger partial charge in [0.1, 0.15) is 0 Å². The summed E-state index contributed by atoms with van der Waals surface area (Å²) in [5, 5.41) is 0.616. The molecular weight excluding hydrogens is 428 g/mol. The third-order valence-electron chi connectivity index (χ3n) is 5.78. The number of carbonyl (C=O) groups is 1. The zero-order chi connectivity index (χ0) is 21.8. The molecule has 0 amide bonds. The topological polar surface area (TPSA) is 51.4 Å². The molecule has 2 aromatic carbocycles. The van der Waals surface area contributed by atoms with Crippen molar-refractivity contribution in [1.29, 1.82) is 0 Å². The molecule has 1 aliphatic carbocycles. The van der Waals surface area contributed by atoms with Gasteiger partial charge in [0.15, 0.2) is 10.6 Å². The lowest BCUT2D eigenvalue weighted by atomic mass is 9.73. The van der Waals surface area contributed by atoms with Gasteiger partial charge in [-0.1, -0.05) is 79.2 Å². The molecule has 1 atom stereocenters. The molecule has 1 unspecified atom stereocenters. The molecule has 6 heteroatoms. The van der Waals surface area contributed by atoms with Crippen molar-refractivity contribution in [2.75, 3.05) is 0 Å². The first kappa shape index (κ1) is 20.2. The highest BCUT2D eigenvalue weighted by Gasteiger charge is 2.40. The molecule has 0 bridgehead atoms. The standard InChI is InChI=1S/C25H21ClN2O2S/c1-25(2)13-18-21(19(29)14-25)22(16-8-10-17(26)11-9-16)28-23(30)20(31-24(28)27-18)12-15-6-4-3-5-7-15/h3-12,22H,13-14H2,1-2H3. The van der Waals surface area contributed by atoms with Crippen LogP contribution in [0.1, 0.15) is 43.9 Å². The van der Waals surface area contributed by atoms with Crippen LogP contribution in [0, 0.1) is 5.41 Å². The molecular formula is C25H21ClN2O2S. The first-order valence-electron chi connectivity index (χ1n) is 10.2. The van der Waals surface area contributed by atoms with Crippen molar-refractivity contribution >= 4 is 34.8 Å². The largest absolute Gasteiger partial charge is 0.294 e. The molecule has 1 aromatic heterocycles. The molecule has 0 fully saturated rings. The van der Waals surface area contributed by atoms with Crippen LogP contribution in [0.4, 0.5) is 0 Å². The van der Waals surface area contributed by atoms with Crippen LogP contribution in [0.5, 0.6) is 0 Å². The zero-order valence-corrected chi connectivity index (χ0v) is 18.8. The van der Waals surface area contributed by atoms with Gasteiger partial charge in [0, 0.05) is 17.0 Å². The molecule has 0 saturated heterocycles. The van der Waals surface area contributed by atoms with Gasteiger partial charge in [0.05, 0.1) is 16.3 Å². The first-order valence-corrected chi connectivity index (χ1v) is 11.4. The highest BCUT2D eigenvalue weighted by Crippen LogP contribution is 2.43. The predicted octanol–water partition coefficient (Wildman–Crippen LogP) is 4.26. The monoisotopic (exact) mass is 448 g/mol. The maximum Gasteiger partial charge on any atom is 0.271 e. The second-order valence-corrected chi connectivity index (χ2v) is 10.3. The fraction of sp³-hybridized carbons (Fsp3) is 0.240. The van der Waals surface area contributed by atoms with E-state index in [1.54, 1.807) is 16.7 Å². The van der Waals surface area contributed by atoms with Gasteiger partial charge in [-0.15, -0.1) is 0 Å². The number of benzene rings is 2. The predicted molar refractivity (Wildman–Crippen MR) is 124 cm³/mol. The van der Waals surface area contributed by atoms with E-state index in [2.05, 4.69) is 13.8 Å². The summed E-state index contributed by atoms with van der Waals surface area (Å²) in [6, 6.07) is 16.7. The third-order valence-corrected chi connectivity index (χ3v) is 7.01. The number of aromatic nitrogens is 1. The van der Waals surface area contributed by atoms with E-state index in [4.69, 9.17) is 16.6 Å². The van der Waals surface area contributed by atoms with Crippen LogP contribution in [0.25, 0.3) is 6.08 Å². The van der Waals surface area contributed by atoms with Gasteiger partial charge in [-0.3, -0.25) is 14.2 Å². The number of halogens is 1. The summed E-state index contributed by atoms with van der Waals surface area (Å²) in [4.78, 5) is 32.2. The van der Waals surface area contributed by atoms with Gasteiger partial charge < -0.3 is 0 Å². The van der Waals surface area contributed by atoms with E-state index < -0.39 is 6.04 Å². The van der Waals surface area contributed by atoms with Gasteiger partial charge in [-0.25, -0.2) is 4.99 Å². The maximum absolute atomic E-state index is 13.5. The smallest absolute Gasteiger partial charge is 0.271 e. The van der Waals surface area contributed by atoms with E-state index in [9.17, 15) is 9.59 Å². The van der Waals surface area contributed by atoms with Gasteiger partial charge >= 0.3 is 0 Å². The number of carbonyl (C=O) groups excluding carboxylic acids is 1. The molecule has 3 aromatic rings. The van der Waals surface area contributed by atoms with Crippen LogP contribution in [0.2, 0.25) is 5.02 Å². The fourth-order valence-corrected chi connectivity index (χ4v) is 5.56. The minimum absolute atomic E-state index is 0.0623. The number of hydrogen-bond donors (Lipinski definition) is 0. The van der Waals surface area contributed by atoms with E-state index in [0.29, 0.717) is 32.8 Å². The third kappa shape index (κ3) is 3.62. The Hall–Kier alpha value is -2.76. The van der Waals surface area contributed by atoms with Crippen molar-refractivity contribution in [2.45, 2.75) is 32.7 Å². The molecule has 0 N–H and O–H groups in total. The number of allylic oxidation sites excluding steroid dienone is 2. The molecule has 5 rings (SSSR count). The van der Waals surface area contributed by atoms with Crippen LogP contribution in [-0.4, -0.2) is 10.4 Å². The van der Waals surface area contributed by atoms with Crippen molar-refractivity contribution < 1.29 is 4.79 Å². The lowest BCUT2D eigenvalue weighted by Crippen LogP contribution is -2.42. The zero-order valence-electron chi connectivity index (χ0n) is 17.3. The SMILES string of the molecule is CC1(C)CC(=O)C2=C(C1)N=c1sc(=Cc3ccccc3)c(=O)n1C2c1ccc(Cl)cc1. The van der Waals surface area contributed by atoms with Crippen molar-refractivity contribution in [2.24, 2.45) is 10.4 Å². The normalized spacial score (nSPS) is 20.3. The summed E-state index contributed by atoms with van der Waals surface area (Å²) in [6.07, 6.45) is 3.04. The van der Waals surface area contributed by atoms with E-state index in [0.717, 1.165) is 16.8 Å². The number of fused-ring (bicyclic) bond motifs is 1. The number of ketones is 1. The summed E-state index contributed by atoms with van der Waals surface area (Å²) in [5.41, 5.74) is 2.98. The summed E-state index contributed by atoms with van der Waals surface area (Å²) in [7, 11) is 0. The lowest BCUT2D eigenvalue weighted by Gasteiger charge is -2.35. The summed E-state index contributed by atoms with van der Waals surface area (Å²) in [5.74, 6) is 0.0623. The lowest BCUT2D eigenvalue weighted by molar-refractivity contribution is -0.118. The van der Waals surface area contributed by atoms with Crippen LogP contribution >= 0.6 is 22.9 Å². The number of thiazole rings is 1. The molecule has 156 valence electrons. The van der Waals surface area contributed by atoms with Gasteiger partial charge in [-0.2, -0.15) is 0 Å². The Balaban J connectivity index is 1.78. The fourth-order valence-electron chi connectivity index (χ4n) is 4.41. The number of Topliss-reactive ketones (excluding diaryl/α,β-unsaturated/α-hetero) is 1. The van der Waals surface area contributed by atoms with Gasteiger partial charge in [-0.05, 0) is 41.2 Å². The van der Waals surface area contributed by atoms with Crippen molar-refractivity contribution in [3.05, 3.63) is 102 Å². The van der Waals surface area contributed by atoms with E-state index >= 15 is 0 Å². The minimum atomic E-state index is -0.481. The average molecular weight is 449 g/mol. The van der Waals surface area contributed by atoms with Crippen LogP contribution < -0.4 is 14.9 Å². The first-order chi connectivity index (χ1) is 14.8. The molecule has 31 heavy (non-hydrogen) atoms. The highest BCUT2D eigenvalue weighted by molar-refractivity contribution is 7.07. The van der Waals surface area contributed by atoms with Gasteiger partial charge in [0.25, 0.3) is 5.56 Å². The molecule has 1 aliphatic heterocycles. The number of rotatable bonds is 2.